The van der Waals surface area contributed by atoms with Crippen LogP contribution in [0, 0.1) is 11.8 Å². The highest BCUT2D eigenvalue weighted by Gasteiger charge is 2.40. The molecule has 2 rings (SSSR count). The predicted octanol–water partition coefficient (Wildman–Crippen LogP) is 1.51. The number of nitrogens with zero attached hydrogens (tertiary/aromatic N) is 1. The van der Waals surface area contributed by atoms with Gasteiger partial charge in [0.15, 0.2) is 0 Å². The molecule has 0 spiro atoms. The van der Waals surface area contributed by atoms with E-state index in [-0.39, 0.29) is 29.9 Å². The molecule has 0 radical (unpaired) electrons. The maximum Gasteiger partial charge on any atom is 0.306 e. The number of piperidine rings is 1. The topological polar surface area (TPSA) is 66.8 Å². The molecule has 3 unspecified atom stereocenters. The van der Waals surface area contributed by atoms with E-state index in [2.05, 4.69) is 0 Å². The van der Waals surface area contributed by atoms with Crippen LogP contribution in [-0.4, -0.2) is 47.2 Å². The fraction of sp³-hybridized carbons (Fsp3) is 0.857. The number of ether oxygens (including phenoxy) is 1. The summed E-state index contributed by atoms with van der Waals surface area (Å²) in [4.78, 5) is 25.3. The summed E-state index contributed by atoms with van der Waals surface area (Å²) in [6, 6.07) is -0.0627. The van der Waals surface area contributed by atoms with Gasteiger partial charge in [0, 0.05) is 19.1 Å². The van der Waals surface area contributed by atoms with Crippen molar-refractivity contribution in [3.05, 3.63) is 0 Å². The minimum atomic E-state index is -0.750. The highest BCUT2D eigenvalue weighted by Crippen LogP contribution is 2.31. The lowest BCUT2D eigenvalue weighted by molar-refractivity contribution is -0.151. The number of hydrogen-bond donors (Lipinski definition) is 1. The summed E-state index contributed by atoms with van der Waals surface area (Å²) in [6.07, 6.45) is 3.03. The Morgan fingerprint density at radius 3 is 2.58 bits per heavy atom. The molecule has 0 bridgehead atoms. The van der Waals surface area contributed by atoms with E-state index in [9.17, 15) is 14.7 Å². The number of rotatable bonds is 3. The number of carboxylic acids is 1. The van der Waals surface area contributed by atoms with Crippen LogP contribution in [0.25, 0.3) is 0 Å². The molecule has 2 heterocycles. The largest absolute Gasteiger partial charge is 0.481 e. The minimum Gasteiger partial charge on any atom is -0.481 e. The van der Waals surface area contributed by atoms with Crippen LogP contribution in [-0.2, 0) is 14.3 Å². The highest BCUT2D eigenvalue weighted by atomic mass is 16.5. The van der Waals surface area contributed by atoms with Crippen molar-refractivity contribution >= 4 is 11.9 Å². The quantitative estimate of drug-likeness (QED) is 0.843. The fourth-order valence-corrected chi connectivity index (χ4v) is 3.09. The van der Waals surface area contributed by atoms with Gasteiger partial charge >= 0.3 is 5.97 Å². The molecule has 3 atom stereocenters. The molecule has 2 aliphatic heterocycles. The van der Waals surface area contributed by atoms with Gasteiger partial charge in [-0.25, -0.2) is 0 Å². The maximum absolute atomic E-state index is 12.3. The van der Waals surface area contributed by atoms with Crippen LogP contribution in [0.2, 0.25) is 0 Å². The number of carboxylic acid groups (broad SMARTS) is 1. The van der Waals surface area contributed by atoms with E-state index in [0.717, 1.165) is 19.4 Å². The second-order valence-corrected chi connectivity index (χ2v) is 5.86. The molecule has 5 heteroatoms. The van der Waals surface area contributed by atoms with E-state index in [1.165, 1.54) is 0 Å². The van der Waals surface area contributed by atoms with Crippen LogP contribution in [0.5, 0.6) is 0 Å². The fourth-order valence-electron chi connectivity index (χ4n) is 3.09. The molecular weight excluding hydrogens is 246 g/mol. The molecule has 5 nitrogen and oxygen atoms in total. The first-order valence-electron chi connectivity index (χ1n) is 7.15. The van der Waals surface area contributed by atoms with Gasteiger partial charge in [0.05, 0.1) is 18.1 Å². The Balaban J connectivity index is 2.12. The van der Waals surface area contributed by atoms with Gasteiger partial charge in [-0.05, 0) is 25.7 Å². The van der Waals surface area contributed by atoms with Crippen molar-refractivity contribution in [3.63, 3.8) is 0 Å². The van der Waals surface area contributed by atoms with Gasteiger partial charge in [-0.2, -0.15) is 0 Å². The van der Waals surface area contributed by atoms with Crippen LogP contribution in [0.1, 0.15) is 39.5 Å². The summed E-state index contributed by atoms with van der Waals surface area (Å²) < 4.78 is 5.69. The average molecular weight is 269 g/mol. The Morgan fingerprint density at radius 2 is 2.05 bits per heavy atom. The zero-order chi connectivity index (χ0) is 14.0. The van der Waals surface area contributed by atoms with E-state index < -0.39 is 5.97 Å². The lowest BCUT2D eigenvalue weighted by Gasteiger charge is -2.41. The SMILES string of the molecule is CC(C)C(=O)N1CCC(C(=O)O)CC1C1CCCO1. The summed E-state index contributed by atoms with van der Waals surface area (Å²) in [6.45, 7) is 5.04. The van der Waals surface area contributed by atoms with Crippen LogP contribution in [0.4, 0.5) is 0 Å². The number of carbonyl (C=O) groups is 2. The molecule has 0 aliphatic carbocycles. The van der Waals surface area contributed by atoms with E-state index >= 15 is 0 Å². The lowest BCUT2D eigenvalue weighted by atomic mass is 9.86. The molecule has 2 fully saturated rings. The normalized spacial score (nSPS) is 31.7. The third-order valence-electron chi connectivity index (χ3n) is 4.17. The van der Waals surface area contributed by atoms with Crippen molar-refractivity contribution in [1.82, 2.24) is 4.90 Å². The van der Waals surface area contributed by atoms with Crippen molar-refractivity contribution in [2.75, 3.05) is 13.2 Å². The maximum atomic E-state index is 12.3. The van der Waals surface area contributed by atoms with Crippen molar-refractivity contribution in [2.24, 2.45) is 11.8 Å². The van der Waals surface area contributed by atoms with Crippen LogP contribution < -0.4 is 0 Å². The summed E-state index contributed by atoms with van der Waals surface area (Å²) in [5.74, 6) is -1.03. The van der Waals surface area contributed by atoms with E-state index in [0.29, 0.717) is 19.4 Å². The Labute approximate surface area is 113 Å². The number of likely N-dealkylation sites (tertiary alicyclic amines) is 1. The first-order chi connectivity index (χ1) is 9.00. The first kappa shape index (κ1) is 14.3. The molecule has 19 heavy (non-hydrogen) atoms. The number of amides is 1. The summed E-state index contributed by atoms with van der Waals surface area (Å²) in [7, 11) is 0. The van der Waals surface area contributed by atoms with Gasteiger partial charge in [-0.15, -0.1) is 0 Å². The highest BCUT2D eigenvalue weighted by molar-refractivity contribution is 5.79. The molecule has 2 saturated heterocycles. The molecule has 1 amide bonds. The zero-order valence-corrected chi connectivity index (χ0v) is 11.7. The Morgan fingerprint density at radius 1 is 1.32 bits per heavy atom. The Kier molecular flexibility index (Phi) is 4.45. The van der Waals surface area contributed by atoms with Gasteiger partial charge in [0.25, 0.3) is 0 Å². The molecule has 0 aromatic carbocycles. The third-order valence-corrected chi connectivity index (χ3v) is 4.17. The monoisotopic (exact) mass is 269 g/mol. The standard InChI is InChI=1S/C14H23NO4/c1-9(2)13(16)15-6-5-10(14(17)18)8-11(15)12-4-3-7-19-12/h9-12H,3-8H2,1-2H3,(H,17,18). The minimum absolute atomic E-state index is 0.0184. The molecule has 0 aromatic rings. The zero-order valence-electron chi connectivity index (χ0n) is 11.7. The summed E-state index contributed by atoms with van der Waals surface area (Å²) >= 11 is 0. The van der Waals surface area contributed by atoms with Gasteiger partial charge in [0.2, 0.25) is 5.91 Å². The van der Waals surface area contributed by atoms with Crippen LogP contribution in [0.3, 0.4) is 0 Å². The smallest absolute Gasteiger partial charge is 0.306 e. The molecular formula is C14H23NO4. The predicted molar refractivity (Wildman–Crippen MR) is 69.7 cm³/mol. The van der Waals surface area contributed by atoms with Gasteiger partial charge < -0.3 is 14.7 Å². The van der Waals surface area contributed by atoms with Gasteiger partial charge in [0.1, 0.15) is 0 Å². The number of aliphatic carboxylic acids is 1. The Bertz CT molecular complexity index is 349. The molecule has 1 N–H and O–H groups in total. The van der Waals surface area contributed by atoms with Crippen molar-refractivity contribution in [2.45, 2.75) is 51.7 Å². The number of hydrogen-bond acceptors (Lipinski definition) is 3. The second-order valence-electron chi connectivity index (χ2n) is 5.86. The van der Waals surface area contributed by atoms with Crippen LogP contribution in [0.15, 0.2) is 0 Å². The van der Waals surface area contributed by atoms with Gasteiger partial charge in [-0.3, -0.25) is 9.59 Å². The first-order valence-corrected chi connectivity index (χ1v) is 7.15. The molecule has 108 valence electrons. The van der Waals surface area contributed by atoms with Crippen molar-refractivity contribution < 1.29 is 19.4 Å². The average Bonchev–Trinajstić information content (AvgIpc) is 2.90. The van der Waals surface area contributed by atoms with E-state index in [4.69, 9.17) is 4.74 Å². The Hall–Kier alpha value is -1.10. The van der Waals surface area contributed by atoms with Crippen LogP contribution >= 0.6 is 0 Å². The van der Waals surface area contributed by atoms with Crippen molar-refractivity contribution in [1.29, 1.82) is 0 Å². The van der Waals surface area contributed by atoms with Gasteiger partial charge in [-0.1, -0.05) is 13.8 Å². The van der Waals surface area contributed by atoms with E-state index in [1.807, 2.05) is 18.7 Å². The number of carbonyl (C=O) groups excluding carboxylic acids is 1. The summed E-state index contributed by atoms with van der Waals surface area (Å²) in [5, 5.41) is 9.19. The second kappa shape index (κ2) is 5.90. The third kappa shape index (κ3) is 3.08. The summed E-state index contributed by atoms with van der Waals surface area (Å²) in [5.41, 5.74) is 0. The van der Waals surface area contributed by atoms with Crippen molar-refractivity contribution in [3.8, 4) is 0 Å². The lowest BCUT2D eigenvalue weighted by Crippen LogP contribution is -2.53. The molecule has 0 saturated carbocycles. The molecule has 2 aliphatic rings. The van der Waals surface area contributed by atoms with E-state index in [1.54, 1.807) is 0 Å². The molecule has 0 aromatic heterocycles.